The molecule has 3 N–H and O–H groups in total. The van der Waals surface area contributed by atoms with Crippen LogP contribution in [0.25, 0.3) is 0 Å². The molecule has 20 heavy (non-hydrogen) atoms. The minimum atomic E-state index is -0.583. The van der Waals surface area contributed by atoms with Crippen molar-refractivity contribution in [2.45, 2.75) is 6.42 Å². The maximum Gasteiger partial charge on any atom is 0.343 e. The smallest absolute Gasteiger partial charge is 0.343 e. The molecule has 0 aliphatic heterocycles. The highest BCUT2D eigenvalue weighted by Gasteiger charge is 2.22. The summed E-state index contributed by atoms with van der Waals surface area (Å²) >= 11 is 1.10. The Morgan fingerprint density at radius 1 is 1.70 bits per heavy atom. The Morgan fingerprint density at radius 3 is 3.10 bits per heavy atom. The molecule has 2 aromatic rings. The lowest BCUT2D eigenvalue weighted by Crippen LogP contribution is -2.10. The van der Waals surface area contributed by atoms with Gasteiger partial charge in [0.2, 0.25) is 5.89 Å². The predicted molar refractivity (Wildman–Crippen MR) is 71.3 cm³/mol. The highest BCUT2D eigenvalue weighted by Crippen LogP contribution is 2.35. The van der Waals surface area contributed by atoms with Crippen LogP contribution in [-0.2, 0) is 11.2 Å². The van der Waals surface area contributed by atoms with Gasteiger partial charge >= 0.3 is 5.97 Å². The summed E-state index contributed by atoms with van der Waals surface area (Å²) in [6, 6.07) is 1.94. The molecule has 0 aromatic carbocycles. The second-order valence-electron chi connectivity index (χ2n) is 3.66. The van der Waals surface area contributed by atoms with Crippen LogP contribution in [0.1, 0.15) is 21.1 Å². The number of nitrogens with two attached hydrogens (primary N) is 1. The van der Waals surface area contributed by atoms with E-state index >= 15 is 0 Å². The van der Waals surface area contributed by atoms with Gasteiger partial charge in [-0.15, -0.1) is 11.3 Å². The summed E-state index contributed by atoms with van der Waals surface area (Å²) in [7, 11) is 1.26. The molecule has 9 heteroatoms. The van der Waals surface area contributed by atoms with Crippen LogP contribution in [0.3, 0.4) is 0 Å². The normalized spacial score (nSPS) is 10.0. The molecule has 0 saturated carbocycles. The van der Waals surface area contributed by atoms with Crippen molar-refractivity contribution in [3.05, 3.63) is 22.7 Å². The van der Waals surface area contributed by atoms with E-state index in [0.717, 1.165) is 11.3 Å². The molecule has 0 bridgehead atoms. The number of methoxy groups -OCH3 is 1. The topological polar surface area (TPSA) is 127 Å². The van der Waals surface area contributed by atoms with Gasteiger partial charge in [-0.1, -0.05) is 5.16 Å². The summed E-state index contributed by atoms with van der Waals surface area (Å²) < 4.78 is 9.52. The molecule has 2 rings (SSSR count). The van der Waals surface area contributed by atoms with E-state index in [0.29, 0.717) is 23.9 Å². The van der Waals surface area contributed by atoms with E-state index in [1.54, 1.807) is 0 Å². The van der Waals surface area contributed by atoms with Gasteiger partial charge in [0.15, 0.2) is 6.33 Å². The fraction of sp³-hybridized carbons (Fsp3) is 0.273. The van der Waals surface area contributed by atoms with Gasteiger partial charge in [0.1, 0.15) is 21.5 Å². The van der Waals surface area contributed by atoms with Crippen LogP contribution in [0.15, 0.2) is 10.9 Å². The van der Waals surface area contributed by atoms with E-state index in [-0.39, 0.29) is 16.1 Å². The average Bonchev–Trinajstić information content (AvgIpc) is 3.06. The van der Waals surface area contributed by atoms with Crippen molar-refractivity contribution in [1.82, 2.24) is 10.1 Å². The number of nitriles is 1. The van der Waals surface area contributed by atoms with Crippen molar-refractivity contribution >= 4 is 28.0 Å². The molecule has 104 valence electrons. The monoisotopic (exact) mass is 293 g/mol. The standard InChI is InChI=1S/C11H11N5O3S/c1-18-11(17)8-9(13)6(4-12)20-10(8)14-3-2-7-15-5-16-19-7/h5,14H,2-3,13H2,1H3. The molecule has 0 spiro atoms. The van der Waals surface area contributed by atoms with Crippen molar-refractivity contribution in [3.63, 3.8) is 0 Å². The maximum absolute atomic E-state index is 11.7. The number of rotatable bonds is 5. The third-order valence-electron chi connectivity index (χ3n) is 2.47. The lowest BCUT2D eigenvalue weighted by molar-refractivity contribution is 0.0603. The zero-order valence-electron chi connectivity index (χ0n) is 10.5. The van der Waals surface area contributed by atoms with Gasteiger partial charge in [-0.25, -0.2) is 4.79 Å². The number of carbonyl (C=O) groups excluding carboxylic acids is 1. The Morgan fingerprint density at radius 2 is 2.50 bits per heavy atom. The van der Waals surface area contributed by atoms with E-state index < -0.39 is 5.97 Å². The SMILES string of the molecule is COC(=O)c1c(NCCc2ncno2)sc(C#N)c1N. The summed E-state index contributed by atoms with van der Waals surface area (Å²) in [5.41, 5.74) is 6.07. The molecule has 2 aromatic heterocycles. The van der Waals surface area contributed by atoms with Crippen molar-refractivity contribution in [2.24, 2.45) is 0 Å². The van der Waals surface area contributed by atoms with Crippen molar-refractivity contribution in [1.29, 1.82) is 5.26 Å². The number of hydrogen-bond acceptors (Lipinski definition) is 9. The van der Waals surface area contributed by atoms with Gasteiger partial charge in [0.25, 0.3) is 0 Å². The second-order valence-corrected chi connectivity index (χ2v) is 4.68. The van der Waals surface area contributed by atoms with Crippen molar-refractivity contribution in [2.75, 3.05) is 24.7 Å². The van der Waals surface area contributed by atoms with Gasteiger partial charge in [-0.2, -0.15) is 10.2 Å². The Balaban J connectivity index is 2.14. The Kier molecular flexibility index (Phi) is 4.17. The molecule has 0 radical (unpaired) electrons. The molecule has 0 aliphatic rings. The van der Waals surface area contributed by atoms with Gasteiger partial charge < -0.3 is 20.3 Å². The third kappa shape index (κ3) is 2.70. The van der Waals surface area contributed by atoms with Crippen LogP contribution in [-0.4, -0.2) is 29.8 Å². The minimum Gasteiger partial charge on any atom is -0.465 e. The predicted octanol–water partition coefficient (Wildman–Crippen LogP) is 1.03. The minimum absolute atomic E-state index is 0.129. The first-order chi connectivity index (χ1) is 9.67. The van der Waals surface area contributed by atoms with Crippen molar-refractivity contribution < 1.29 is 14.1 Å². The molecule has 0 aliphatic carbocycles. The number of nitrogens with zero attached hydrogens (tertiary/aromatic N) is 3. The fourth-order valence-electron chi connectivity index (χ4n) is 1.55. The van der Waals surface area contributed by atoms with Gasteiger partial charge in [0, 0.05) is 13.0 Å². The van der Waals surface area contributed by atoms with E-state index in [9.17, 15) is 4.79 Å². The quantitative estimate of drug-likeness (QED) is 0.782. The second kappa shape index (κ2) is 6.03. The molecule has 0 atom stereocenters. The van der Waals surface area contributed by atoms with Gasteiger partial charge in [-0.3, -0.25) is 0 Å². The first kappa shape index (κ1) is 13.8. The van der Waals surface area contributed by atoms with Crippen LogP contribution >= 0.6 is 11.3 Å². The Labute approximate surface area is 118 Å². The molecule has 8 nitrogen and oxygen atoms in total. The number of nitrogen functional groups attached to an aromatic ring is 1. The zero-order chi connectivity index (χ0) is 14.5. The number of thiophene rings is 1. The number of aromatic nitrogens is 2. The van der Waals surface area contributed by atoms with E-state index in [2.05, 4.69) is 20.2 Å². The van der Waals surface area contributed by atoms with Gasteiger partial charge in [-0.05, 0) is 0 Å². The lowest BCUT2D eigenvalue weighted by Gasteiger charge is -2.05. The summed E-state index contributed by atoms with van der Waals surface area (Å²) in [6.45, 7) is 0.455. The highest BCUT2D eigenvalue weighted by molar-refractivity contribution is 7.17. The fourth-order valence-corrected chi connectivity index (χ4v) is 2.48. The molecule has 2 heterocycles. The molecule has 0 unspecified atom stereocenters. The first-order valence-corrected chi connectivity index (χ1v) is 6.39. The van der Waals surface area contributed by atoms with Crippen LogP contribution in [0.2, 0.25) is 0 Å². The van der Waals surface area contributed by atoms with Crippen LogP contribution < -0.4 is 11.1 Å². The van der Waals surface area contributed by atoms with E-state index in [1.807, 2.05) is 6.07 Å². The van der Waals surface area contributed by atoms with E-state index in [1.165, 1.54) is 13.4 Å². The van der Waals surface area contributed by atoms with Crippen LogP contribution in [0.4, 0.5) is 10.7 Å². The molecule has 0 fully saturated rings. The van der Waals surface area contributed by atoms with Crippen LogP contribution in [0.5, 0.6) is 0 Å². The lowest BCUT2D eigenvalue weighted by atomic mass is 10.2. The number of hydrogen-bond donors (Lipinski definition) is 2. The van der Waals surface area contributed by atoms with Crippen LogP contribution in [0, 0.1) is 11.3 Å². The maximum atomic E-state index is 11.7. The molecular weight excluding hydrogens is 282 g/mol. The molecule has 0 amide bonds. The Bertz CT molecular complexity index is 644. The number of anilines is 2. The largest absolute Gasteiger partial charge is 0.465 e. The Hall–Kier alpha value is -2.60. The van der Waals surface area contributed by atoms with Gasteiger partial charge in [0.05, 0.1) is 12.8 Å². The molecule has 0 saturated heterocycles. The first-order valence-electron chi connectivity index (χ1n) is 5.57. The number of nitrogens with one attached hydrogen (secondary N) is 1. The highest BCUT2D eigenvalue weighted by atomic mass is 32.1. The zero-order valence-corrected chi connectivity index (χ0v) is 11.4. The number of ether oxygens (including phenoxy) is 1. The van der Waals surface area contributed by atoms with E-state index in [4.69, 9.17) is 15.5 Å². The summed E-state index contributed by atoms with van der Waals surface area (Å²) in [4.78, 5) is 15.8. The van der Waals surface area contributed by atoms with Crippen molar-refractivity contribution in [3.8, 4) is 6.07 Å². The summed E-state index contributed by atoms with van der Waals surface area (Å²) in [5.74, 6) is -0.109. The summed E-state index contributed by atoms with van der Waals surface area (Å²) in [6.07, 6.45) is 1.80. The summed E-state index contributed by atoms with van der Waals surface area (Å²) in [5, 5.41) is 16.0. The average molecular weight is 293 g/mol. The number of carbonyl (C=O) groups is 1. The number of esters is 1. The third-order valence-corrected chi connectivity index (χ3v) is 3.54. The molecular formula is C11H11N5O3S.